The smallest absolute Gasteiger partial charge is 0.387 e. The summed E-state index contributed by atoms with van der Waals surface area (Å²) in [5.41, 5.74) is 0.242. The van der Waals surface area contributed by atoms with Gasteiger partial charge in [0.15, 0.2) is 5.13 Å². The van der Waals surface area contributed by atoms with Crippen molar-refractivity contribution >= 4 is 28.1 Å². The molecule has 0 aliphatic carbocycles. The van der Waals surface area contributed by atoms with Gasteiger partial charge in [0.25, 0.3) is 0 Å². The van der Waals surface area contributed by atoms with Crippen LogP contribution in [0, 0.1) is 0 Å². The van der Waals surface area contributed by atoms with Gasteiger partial charge in [0, 0.05) is 37.8 Å². The Bertz CT molecular complexity index is 721. The van der Waals surface area contributed by atoms with Crippen molar-refractivity contribution in [2.45, 2.75) is 19.6 Å². The molecule has 1 aliphatic heterocycles. The van der Waals surface area contributed by atoms with Crippen molar-refractivity contribution in [3.05, 3.63) is 35.8 Å². The van der Waals surface area contributed by atoms with E-state index >= 15 is 0 Å². The molecule has 1 aliphatic rings. The highest BCUT2D eigenvalue weighted by Gasteiger charge is 2.27. The topological polar surface area (TPSA) is 57.7 Å². The third-order valence-corrected chi connectivity index (χ3v) is 5.12. The zero-order valence-corrected chi connectivity index (χ0v) is 15.1. The Morgan fingerprint density at radius 3 is 2.65 bits per heavy atom. The van der Waals surface area contributed by atoms with E-state index in [4.69, 9.17) is 0 Å². The lowest BCUT2D eigenvalue weighted by atomic mass is 10.2. The van der Waals surface area contributed by atoms with Crippen molar-refractivity contribution < 1.29 is 18.3 Å². The highest BCUT2D eigenvalue weighted by atomic mass is 32.1. The minimum atomic E-state index is -2.94. The number of anilines is 2. The monoisotopic (exact) mass is 382 g/mol. The summed E-state index contributed by atoms with van der Waals surface area (Å²) in [5.74, 6) is -0.297. The number of halogens is 2. The number of para-hydroxylation sites is 2. The van der Waals surface area contributed by atoms with Gasteiger partial charge in [-0.1, -0.05) is 12.1 Å². The van der Waals surface area contributed by atoms with Gasteiger partial charge < -0.3 is 15.0 Å². The molecule has 1 aromatic heterocycles. The van der Waals surface area contributed by atoms with Crippen LogP contribution in [-0.4, -0.2) is 54.6 Å². The van der Waals surface area contributed by atoms with E-state index in [1.54, 1.807) is 35.7 Å². The zero-order chi connectivity index (χ0) is 18.5. The number of benzene rings is 1. The quantitative estimate of drug-likeness (QED) is 0.833. The fourth-order valence-electron chi connectivity index (χ4n) is 2.84. The molecule has 1 amide bonds. The Kier molecular flexibility index (Phi) is 6.00. The lowest BCUT2D eigenvalue weighted by Gasteiger charge is -2.37. The molecule has 1 saturated heterocycles. The van der Waals surface area contributed by atoms with Crippen molar-refractivity contribution in [3.8, 4) is 5.75 Å². The lowest BCUT2D eigenvalue weighted by Crippen LogP contribution is -2.52. The Hall–Kier alpha value is -2.26. The number of hydrogen-bond donors (Lipinski definition) is 1. The second-order valence-electron chi connectivity index (χ2n) is 5.88. The number of alkyl halides is 2. The SMILES string of the molecule is CC(C(=O)Nc1ccccc1OC(F)F)N1CCN(c2nccs2)CC1. The molecule has 1 aromatic carbocycles. The van der Waals surface area contributed by atoms with Crippen molar-refractivity contribution in [2.75, 3.05) is 36.4 Å². The lowest BCUT2D eigenvalue weighted by molar-refractivity contribution is -0.120. The number of thiazole rings is 1. The standard InChI is InChI=1S/C17H20F2N4O2S/c1-12(22-7-9-23(10-8-22)17-20-6-11-26-17)15(24)21-13-4-2-3-5-14(13)25-16(18)19/h2-6,11-12,16H,7-10H2,1H3,(H,21,24). The van der Waals surface area contributed by atoms with Crippen molar-refractivity contribution in [1.82, 2.24) is 9.88 Å². The predicted octanol–water partition coefficient (Wildman–Crippen LogP) is 2.89. The molecule has 1 atom stereocenters. The van der Waals surface area contributed by atoms with Crippen LogP contribution in [0.1, 0.15) is 6.92 Å². The second-order valence-corrected chi connectivity index (χ2v) is 6.75. The molecule has 1 unspecified atom stereocenters. The van der Waals surface area contributed by atoms with Crippen LogP contribution < -0.4 is 15.0 Å². The van der Waals surface area contributed by atoms with Crippen LogP contribution in [0.4, 0.5) is 19.6 Å². The number of carbonyl (C=O) groups excluding carboxylic acids is 1. The number of ether oxygens (including phenoxy) is 1. The fourth-order valence-corrected chi connectivity index (χ4v) is 3.54. The van der Waals surface area contributed by atoms with Gasteiger partial charge >= 0.3 is 6.61 Å². The van der Waals surface area contributed by atoms with Gasteiger partial charge in [0.05, 0.1) is 11.7 Å². The molecule has 1 fully saturated rings. The molecule has 0 bridgehead atoms. The summed E-state index contributed by atoms with van der Waals surface area (Å²) >= 11 is 1.60. The molecule has 9 heteroatoms. The Balaban J connectivity index is 1.57. The van der Waals surface area contributed by atoms with Crippen molar-refractivity contribution in [1.29, 1.82) is 0 Å². The molecule has 3 rings (SSSR count). The molecule has 0 saturated carbocycles. The molecular weight excluding hydrogens is 362 g/mol. The van der Waals surface area contributed by atoms with Gasteiger partial charge in [-0.15, -0.1) is 11.3 Å². The number of nitrogens with zero attached hydrogens (tertiary/aromatic N) is 3. The van der Waals surface area contributed by atoms with Crippen LogP contribution in [0.2, 0.25) is 0 Å². The van der Waals surface area contributed by atoms with E-state index in [0.29, 0.717) is 0 Å². The van der Waals surface area contributed by atoms with Gasteiger partial charge in [-0.05, 0) is 19.1 Å². The first-order valence-electron chi connectivity index (χ1n) is 8.28. The van der Waals surface area contributed by atoms with E-state index in [0.717, 1.165) is 31.3 Å². The number of carbonyl (C=O) groups is 1. The van der Waals surface area contributed by atoms with E-state index in [2.05, 4.69) is 24.8 Å². The van der Waals surface area contributed by atoms with Gasteiger partial charge in [-0.25, -0.2) is 4.98 Å². The molecular formula is C17H20F2N4O2S. The molecule has 0 spiro atoms. The maximum Gasteiger partial charge on any atom is 0.387 e. The van der Waals surface area contributed by atoms with Gasteiger partial charge in [-0.2, -0.15) is 8.78 Å². The molecule has 1 N–H and O–H groups in total. The van der Waals surface area contributed by atoms with E-state index in [1.807, 2.05) is 12.3 Å². The number of rotatable bonds is 6. The van der Waals surface area contributed by atoms with Gasteiger partial charge in [-0.3, -0.25) is 9.69 Å². The minimum Gasteiger partial charge on any atom is -0.433 e. The average Bonchev–Trinajstić information content (AvgIpc) is 3.17. The third-order valence-electron chi connectivity index (χ3n) is 4.29. The number of hydrogen-bond acceptors (Lipinski definition) is 6. The predicted molar refractivity (Wildman–Crippen MR) is 97.1 cm³/mol. The van der Waals surface area contributed by atoms with Crippen LogP contribution >= 0.6 is 11.3 Å². The summed E-state index contributed by atoms with van der Waals surface area (Å²) in [6, 6.07) is 5.80. The highest BCUT2D eigenvalue weighted by molar-refractivity contribution is 7.13. The van der Waals surface area contributed by atoms with Crippen LogP contribution in [0.3, 0.4) is 0 Å². The fraction of sp³-hybridized carbons (Fsp3) is 0.412. The molecule has 2 aromatic rings. The molecule has 0 radical (unpaired) electrons. The largest absolute Gasteiger partial charge is 0.433 e. The molecule has 26 heavy (non-hydrogen) atoms. The number of amides is 1. The van der Waals surface area contributed by atoms with Crippen LogP contribution in [0.15, 0.2) is 35.8 Å². The molecule has 140 valence electrons. The Morgan fingerprint density at radius 1 is 1.27 bits per heavy atom. The first-order chi connectivity index (χ1) is 12.5. The van der Waals surface area contributed by atoms with E-state index in [9.17, 15) is 13.6 Å². The summed E-state index contributed by atoms with van der Waals surface area (Å²) < 4.78 is 29.4. The minimum absolute atomic E-state index is 0.0448. The van der Waals surface area contributed by atoms with Crippen LogP contribution in [0.5, 0.6) is 5.75 Å². The van der Waals surface area contributed by atoms with Crippen LogP contribution in [0.25, 0.3) is 0 Å². The summed E-state index contributed by atoms with van der Waals surface area (Å²) in [6.45, 7) is 1.90. The maximum atomic E-state index is 12.5. The molecule has 2 heterocycles. The van der Waals surface area contributed by atoms with E-state index < -0.39 is 6.61 Å². The third kappa shape index (κ3) is 4.47. The normalized spacial score (nSPS) is 16.5. The first-order valence-corrected chi connectivity index (χ1v) is 9.16. The van der Waals surface area contributed by atoms with Gasteiger partial charge in [0.1, 0.15) is 5.75 Å². The van der Waals surface area contributed by atoms with Crippen molar-refractivity contribution in [3.63, 3.8) is 0 Å². The van der Waals surface area contributed by atoms with E-state index in [-0.39, 0.29) is 23.4 Å². The number of nitrogens with one attached hydrogen (secondary N) is 1. The second kappa shape index (κ2) is 8.41. The summed E-state index contributed by atoms with van der Waals surface area (Å²) in [6.07, 6.45) is 1.78. The maximum absolute atomic E-state index is 12.5. The number of piperazine rings is 1. The highest BCUT2D eigenvalue weighted by Crippen LogP contribution is 2.26. The van der Waals surface area contributed by atoms with Crippen molar-refractivity contribution in [2.24, 2.45) is 0 Å². The first kappa shape index (κ1) is 18.5. The summed E-state index contributed by atoms with van der Waals surface area (Å²) in [4.78, 5) is 21.1. The zero-order valence-electron chi connectivity index (χ0n) is 14.3. The van der Waals surface area contributed by atoms with Gasteiger partial charge in [0.2, 0.25) is 5.91 Å². The number of aromatic nitrogens is 1. The Labute approximate surface area is 154 Å². The average molecular weight is 382 g/mol. The summed E-state index contributed by atoms with van der Waals surface area (Å²) in [7, 11) is 0. The van der Waals surface area contributed by atoms with Crippen LogP contribution in [-0.2, 0) is 4.79 Å². The Morgan fingerprint density at radius 2 is 2.00 bits per heavy atom. The summed E-state index contributed by atoms with van der Waals surface area (Å²) in [5, 5.41) is 5.62. The molecule has 6 nitrogen and oxygen atoms in total. The van der Waals surface area contributed by atoms with E-state index in [1.165, 1.54) is 6.07 Å².